The molecule has 0 saturated carbocycles. The lowest BCUT2D eigenvalue weighted by molar-refractivity contribution is 0.449. The minimum Gasteiger partial charge on any atom is -0.466 e. The van der Waals surface area contributed by atoms with E-state index in [-0.39, 0.29) is 6.04 Å². The number of hydrogen-bond donors (Lipinski definition) is 2. The number of hydrogen-bond acceptors (Lipinski definition) is 3. The standard InChI is InChI=1S/C11H10Br2N2O/c12-8-4-2-1-3-7(8)10(15-14)11-9(13)5-6-16-11/h1-6,10,15H,14H2. The minimum atomic E-state index is -0.181. The summed E-state index contributed by atoms with van der Waals surface area (Å²) >= 11 is 6.92. The van der Waals surface area contributed by atoms with Crippen molar-refractivity contribution >= 4 is 31.9 Å². The molecule has 0 bridgehead atoms. The normalized spacial score (nSPS) is 12.7. The SMILES string of the molecule is NNC(c1ccccc1Br)c1occc1Br. The van der Waals surface area contributed by atoms with Gasteiger partial charge in [-0.2, -0.15) is 0 Å². The van der Waals surface area contributed by atoms with Crippen molar-refractivity contribution in [1.29, 1.82) is 0 Å². The van der Waals surface area contributed by atoms with Gasteiger partial charge in [0.25, 0.3) is 0 Å². The molecule has 2 rings (SSSR count). The fourth-order valence-electron chi connectivity index (χ4n) is 1.53. The number of nitrogens with two attached hydrogens (primary N) is 1. The van der Waals surface area contributed by atoms with E-state index in [9.17, 15) is 0 Å². The van der Waals surface area contributed by atoms with Crippen LogP contribution < -0.4 is 11.3 Å². The maximum atomic E-state index is 5.58. The van der Waals surface area contributed by atoms with E-state index < -0.39 is 0 Å². The van der Waals surface area contributed by atoms with E-state index in [1.165, 1.54) is 0 Å². The lowest BCUT2D eigenvalue weighted by Crippen LogP contribution is -2.29. The van der Waals surface area contributed by atoms with Crippen molar-refractivity contribution in [2.45, 2.75) is 6.04 Å². The van der Waals surface area contributed by atoms with Crippen LogP contribution in [-0.2, 0) is 0 Å². The Labute approximate surface area is 110 Å². The molecule has 16 heavy (non-hydrogen) atoms. The van der Waals surface area contributed by atoms with Crippen LogP contribution in [0, 0.1) is 0 Å². The molecule has 0 saturated heterocycles. The van der Waals surface area contributed by atoms with Crippen LogP contribution >= 0.6 is 31.9 Å². The molecule has 0 spiro atoms. The van der Waals surface area contributed by atoms with Crippen LogP contribution in [0.3, 0.4) is 0 Å². The molecule has 0 fully saturated rings. The number of halogens is 2. The van der Waals surface area contributed by atoms with Crippen LogP contribution in [-0.4, -0.2) is 0 Å². The van der Waals surface area contributed by atoms with Crippen molar-refractivity contribution in [3.63, 3.8) is 0 Å². The molecule has 0 aliphatic carbocycles. The molecule has 0 aliphatic rings. The van der Waals surface area contributed by atoms with E-state index in [0.29, 0.717) is 0 Å². The Kier molecular flexibility index (Phi) is 3.81. The quantitative estimate of drug-likeness (QED) is 0.662. The predicted octanol–water partition coefficient (Wildman–Crippen LogP) is 3.36. The van der Waals surface area contributed by atoms with Crippen LogP contribution in [0.2, 0.25) is 0 Å². The maximum Gasteiger partial charge on any atom is 0.140 e. The minimum absolute atomic E-state index is 0.181. The molecule has 0 amide bonds. The van der Waals surface area contributed by atoms with Crippen molar-refractivity contribution < 1.29 is 4.42 Å². The van der Waals surface area contributed by atoms with E-state index in [4.69, 9.17) is 10.3 Å². The Morgan fingerprint density at radius 1 is 1.12 bits per heavy atom. The van der Waals surface area contributed by atoms with Gasteiger partial charge in [0.1, 0.15) is 11.8 Å². The molecule has 3 N–H and O–H groups in total. The van der Waals surface area contributed by atoms with Crippen molar-refractivity contribution in [3.8, 4) is 0 Å². The molecule has 1 heterocycles. The smallest absolute Gasteiger partial charge is 0.140 e. The van der Waals surface area contributed by atoms with E-state index in [0.717, 1.165) is 20.3 Å². The van der Waals surface area contributed by atoms with Gasteiger partial charge in [0.2, 0.25) is 0 Å². The van der Waals surface area contributed by atoms with E-state index in [1.807, 2.05) is 30.3 Å². The molecule has 1 aromatic carbocycles. The topological polar surface area (TPSA) is 51.2 Å². The van der Waals surface area contributed by atoms with Gasteiger partial charge in [-0.3, -0.25) is 5.84 Å². The third kappa shape index (κ3) is 2.22. The van der Waals surface area contributed by atoms with Crippen LogP contribution in [0.25, 0.3) is 0 Å². The molecular weight excluding hydrogens is 336 g/mol. The van der Waals surface area contributed by atoms with Gasteiger partial charge in [-0.15, -0.1) is 0 Å². The van der Waals surface area contributed by atoms with E-state index in [2.05, 4.69) is 37.3 Å². The highest BCUT2D eigenvalue weighted by molar-refractivity contribution is 9.10. The summed E-state index contributed by atoms with van der Waals surface area (Å²) in [5.41, 5.74) is 3.78. The first-order valence-electron chi connectivity index (χ1n) is 4.67. The molecule has 0 aliphatic heterocycles. The average Bonchev–Trinajstić information content (AvgIpc) is 2.69. The summed E-state index contributed by atoms with van der Waals surface area (Å²) in [4.78, 5) is 0. The van der Waals surface area contributed by atoms with Gasteiger partial charge < -0.3 is 4.42 Å². The second-order valence-electron chi connectivity index (χ2n) is 3.25. The zero-order chi connectivity index (χ0) is 11.5. The highest BCUT2D eigenvalue weighted by atomic mass is 79.9. The second-order valence-corrected chi connectivity index (χ2v) is 4.96. The van der Waals surface area contributed by atoms with Crippen molar-refractivity contribution in [2.24, 2.45) is 5.84 Å². The first-order valence-corrected chi connectivity index (χ1v) is 6.26. The molecular formula is C11H10Br2N2O. The zero-order valence-electron chi connectivity index (χ0n) is 8.28. The zero-order valence-corrected chi connectivity index (χ0v) is 11.5. The van der Waals surface area contributed by atoms with Crippen molar-refractivity contribution in [2.75, 3.05) is 0 Å². The second kappa shape index (κ2) is 5.14. The highest BCUT2D eigenvalue weighted by Gasteiger charge is 2.20. The molecule has 1 atom stereocenters. The number of rotatable bonds is 3. The van der Waals surface area contributed by atoms with Gasteiger partial charge >= 0.3 is 0 Å². The number of furan rings is 1. The monoisotopic (exact) mass is 344 g/mol. The Balaban J connectivity index is 2.45. The molecule has 2 aromatic rings. The predicted molar refractivity (Wildman–Crippen MR) is 69.7 cm³/mol. The Morgan fingerprint density at radius 2 is 1.88 bits per heavy atom. The summed E-state index contributed by atoms with van der Waals surface area (Å²) in [5.74, 6) is 6.34. The third-order valence-corrected chi connectivity index (χ3v) is 3.67. The summed E-state index contributed by atoms with van der Waals surface area (Å²) in [5, 5.41) is 0. The van der Waals surface area contributed by atoms with Crippen LogP contribution in [0.4, 0.5) is 0 Å². The largest absolute Gasteiger partial charge is 0.466 e. The van der Waals surface area contributed by atoms with Crippen molar-refractivity contribution in [3.05, 3.63) is 56.9 Å². The summed E-state index contributed by atoms with van der Waals surface area (Å²) in [6.07, 6.45) is 1.63. The average molecular weight is 346 g/mol. The Bertz CT molecular complexity index is 484. The van der Waals surface area contributed by atoms with Crippen LogP contribution in [0.15, 0.2) is 50.0 Å². The molecule has 0 radical (unpaired) electrons. The van der Waals surface area contributed by atoms with E-state index in [1.54, 1.807) is 6.26 Å². The van der Waals surface area contributed by atoms with Gasteiger partial charge in [0, 0.05) is 4.47 Å². The maximum absolute atomic E-state index is 5.58. The first-order chi connectivity index (χ1) is 7.74. The number of nitrogens with one attached hydrogen (secondary N) is 1. The van der Waals surface area contributed by atoms with Gasteiger partial charge in [0.15, 0.2) is 0 Å². The fourth-order valence-corrected chi connectivity index (χ4v) is 2.47. The summed E-state index contributed by atoms with van der Waals surface area (Å²) < 4.78 is 7.30. The summed E-state index contributed by atoms with van der Waals surface area (Å²) in [6.45, 7) is 0. The molecule has 3 nitrogen and oxygen atoms in total. The third-order valence-electron chi connectivity index (χ3n) is 2.29. The summed E-state index contributed by atoms with van der Waals surface area (Å²) in [7, 11) is 0. The molecule has 84 valence electrons. The van der Waals surface area contributed by atoms with Gasteiger partial charge in [-0.25, -0.2) is 5.43 Å². The van der Waals surface area contributed by atoms with Crippen LogP contribution in [0.5, 0.6) is 0 Å². The first kappa shape index (κ1) is 11.9. The van der Waals surface area contributed by atoms with Crippen molar-refractivity contribution in [1.82, 2.24) is 5.43 Å². The summed E-state index contributed by atoms with van der Waals surface area (Å²) in [6, 6.07) is 9.54. The fraction of sp³-hybridized carbons (Fsp3) is 0.0909. The molecule has 5 heteroatoms. The van der Waals surface area contributed by atoms with E-state index >= 15 is 0 Å². The number of benzene rings is 1. The molecule has 1 aromatic heterocycles. The lowest BCUT2D eigenvalue weighted by atomic mass is 10.1. The van der Waals surface area contributed by atoms with Crippen LogP contribution in [0.1, 0.15) is 17.4 Å². The molecule has 1 unspecified atom stereocenters. The van der Waals surface area contributed by atoms with Gasteiger partial charge in [-0.05, 0) is 33.6 Å². The van der Waals surface area contributed by atoms with Gasteiger partial charge in [-0.1, -0.05) is 34.1 Å². The number of hydrazine groups is 1. The Morgan fingerprint density at radius 3 is 2.44 bits per heavy atom. The lowest BCUT2D eigenvalue weighted by Gasteiger charge is -2.15. The Hall–Kier alpha value is -0.620. The highest BCUT2D eigenvalue weighted by Crippen LogP contribution is 2.32. The van der Waals surface area contributed by atoms with Gasteiger partial charge in [0.05, 0.1) is 10.7 Å².